The fourth-order valence-corrected chi connectivity index (χ4v) is 1.95. The monoisotopic (exact) mass is 254 g/mol. The molecule has 0 spiro atoms. The normalized spacial score (nSPS) is 12.9. The molecule has 17 heavy (non-hydrogen) atoms. The van der Waals surface area contributed by atoms with Crippen LogP contribution < -0.4 is 5.32 Å². The van der Waals surface area contributed by atoms with Gasteiger partial charge in [-0.3, -0.25) is 0 Å². The number of halogens is 1. The topological polar surface area (TPSA) is 55.9 Å². The zero-order chi connectivity index (χ0) is 12.3. The average Bonchev–Trinajstić information content (AvgIpc) is 2.91. The van der Waals surface area contributed by atoms with Crippen LogP contribution >= 0.6 is 11.6 Å². The third-order valence-corrected chi connectivity index (χ3v) is 2.75. The van der Waals surface area contributed by atoms with Gasteiger partial charge in [-0.15, -0.1) is 5.10 Å². The first-order chi connectivity index (χ1) is 8.26. The van der Waals surface area contributed by atoms with Crippen LogP contribution in [0.25, 0.3) is 0 Å². The molecule has 0 aromatic carbocycles. The van der Waals surface area contributed by atoms with Gasteiger partial charge in [0, 0.05) is 6.54 Å². The standard InChI is InChI=1S/C11H15ClN4O/c1-3-6-16-8(7-14-15-16)11(13-2)9-4-5-10(12)17-9/h4-5,7,11,13H,3,6H2,1-2H3. The highest BCUT2D eigenvalue weighted by Crippen LogP contribution is 2.25. The van der Waals surface area contributed by atoms with Crippen molar-refractivity contribution in [3.05, 3.63) is 35.0 Å². The summed E-state index contributed by atoms with van der Waals surface area (Å²) in [6, 6.07) is 3.51. The zero-order valence-corrected chi connectivity index (χ0v) is 10.6. The summed E-state index contributed by atoms with van der Waals surface area (Å²) in [5.74, 6) is 0.761. The first-order valence-electron chi connectivity index (χ1n) is 5.57. The number of nitrogens with one attached hydrogen (secondary N) is 1. The molecule has 0 amide bonds. The highest BCUT2D eigenvalue weighted by Gasteiger charge is 2.20. The van der Waals surface area contributed by atoms with Crippen LogP contribution in [0.1, 0.15) is 30.8 Å². The van der Waals surface area contributed by atoms with E-state index in [1.807, 2.05) is 17.8 Å². The van der Waals surface area contributed by atoms with Crippen molar-refractivity contribution >= 4 is 11.6 Å². The van der Waals surface area contributed by atoms with Gasteiger partial charge in [-0.2, -0.15) is 0 Å². The van der Waals surface area contributed by atoms with Crippen molar-refractivity contribution in [1.29, 1.82) is 0 Å². The lowest BCUT2D eigenvalue weighted by molar-refractivity contribution is 0.439. The highest BCUT2D eigenvalue weighted by atomic mass is 35.5. The van der Waals surface area contributed by atoms with Crippen molar-refractivity contribution in [2.45, 2.75) is 25.9 Å². The minimum absolute atomic E-state index is 0.0796. The zero-order valence-electron chi connectivity index (χ0n) is 9.85. The molecule has 2 heterocycles. The fraction of sp³-hybridized carbons (Fsp3) is 0.455. The van der Waals surface area contributed by atoms with E-state index in [1.54, 1.807) is 12.3 Å². The van der Waals surface area contributed by atoms with Crippen LogP contribution in [0.3, 0.4) is 0 Å². The summed E-state index contributed by atoms with van der Waals surface area (Å²) in [7, 11) is 1.87. The molecular formula is C11H15ClN4O. The summed E-state index contributed by atoms with van der Waals surface area (Å²) in [5.41, 5.74) is 0.973. The van der Waals surface area contributed by atoms with E-state index in [-0.39, 0.29) is 6.04 Å². The second kappa shape index (κ2) is 5.33. The van der Waals surface area contributed by atoms with Gasteiger partial charge >= 0.3 is 0 Å². The van der Waals surface area contributed by atoms with Gasteiger partial charge in [-0.1, -0.05) is 12.1 Å². The van der Waals surface area contributed by atoms with Crippen LogP contribution in [0.4, 0.5) is 0 Å². The molecule has 0 aliphatic heterocycles. The molecule has 92 valence electrons. The molecule has 0 bridgehead atoms. The summed E-state index contributed by atoms with van der Waals surface area (Å²) in [4.78, 5) is 0. The third kappa shape index (κ3) is 2.50. The maximum Gasteiger partial charge on any atom is 0.193 e. The largest absolute Gasteiger partial charge is 0.448 e. The molecule has 0 fully saturated rings. The molecule has 0 saturated carbocycles. The van der Waals surface area contributed by atoms with Gasteiger partial charge in [0.25, 0.3) is 0 Å². The first-order valence-corrected chi connectivity index (χ1v) is 5.95. The van der Waals surface area contributed by atoms with E-state index in [2.05, 4.69) is 22.6 Å². The Hall–Kier alpha value is -1.33. The van der Waals surface area contributed by atoms with Crippen molar-refractivity contribution in [3.63, 3.8) is 0 Å². The highest BCUT2D eigenvalue weighted by molar-refractivity contribution is 6.28. The van der Waals surface area contributed by atoms with Crippen molar-refractivity contribution < 1.29 is 4.42 Å². The van der Waals surface area contributed by atoms with Gasteiger partial charge in [0.1, 0.15) is 11.8 Å². The minimum atomic E-state index is -0.0796. The van der Waals surface area contributed by atoms with Crippen molar-refractivity contribution in [3.8, 4) is 0 Å². The van der Waals surface area contributed by atoms with Crippen molar-refractivity contribution in [2.24, 2.45) is 0 Å². The van der Waals surface area contributed by atoms with Gasteiger partial charge in [0.2, 0.25) is 0 Å². The van der Waals surface area contributed by atoms with E-state index in [0.717, 1.165) is 24.4 Å². The first kappa shape index (κ1) is 12.1. The number of aryl methyl sites for hydroxylation is 1. The molecule has 6 heteroatoms. The van der Waals surface area contributed by atoms with Gasteiger partial charge in [0.15, 0.2) is 5.22 Å². The second-order valence-corrected chi connectivity index (χ2v) is 4.12. The van der Waals surface area contributed by atoms with Gasteiger partial charge in [-0.25, -0.2) is 4.68 Å². The molecule has 0 radical (unpaired) electrons. The SMILES string of the molecule is CCCn1nncc1C(NC)c1ccc(Cl)o1. The Morgan fingerprint density at radius 2 is 2.35 bits per heavy atom. The number of hydrogen-bond donors (Lipinski definition) is 1. The Morgan fingerprint density at radius 1 is 1.53 bits per heavy atom. The van der Waals surface area contributed by atoms with Crippen LogP contribution in [0, 0.1) is 0 Å². The smallest absolute Gasteiger partial charge is 0.193 e. The molecule has 0 aliphatic rings. The lowest BCUT2D eigenvalue weighted by Gasteiger charge is -2.14. The molecule has 2 aromatic heterocycles. The van der Waals surface area contributed by atoms with E-state index < -0.39 is 0 Å². The molecule has 2 rings (SSSR count). The summed E-state index contributed by atoms with van der Waals surface area (Å²) in [6.45, 7) is 2.94. The van der Waals surface area contributed by atoms with E-state index in [9.17, 15) is 0 Å². The maximum atomic E-state index is 5.79. The lowest BCUT2D eigenvalue weighted by atomic mass is 10.1. The molecule has 5 nitrogen and oxygen atoms in total. The predicted molar refractivity (Wildman–Crippen MR) is 64.9 cm³/mol. The molecule has 1 N–H and O–H groups in total. The van der Waals surface area contributed by atoms with Crippen molar-refractivity contribution in [2.75, 3.05) is 7.05 Å². The number of aromatic nitrogens is 3. The van der Waals surface area contributed by atoms with E-state index in [1.165, 1.54) is 0 Å². The van der Waals surface area contributed by atoms with E-state index in [4.69, 9.17) is 16.0 Å². The summed E-state index contributed by atoms with van der Waals surface area (Å²) < 4.78 is 7.30. The predicted octanol–water partition coefficient (Wildman–Crippen LogP) is 2.24. The molecular weight excluding hydrogens is 240 g/mol. The summed E-state index contributed by atoms with van der Waals surface area (Å²) in [6.07, 6.45) is 2.75. The molecule has 0 aliphatic carbocycles. The summed E-state index contributed by atoms with van der Waals surface area (Å²) in [5, 5.41) is 11.6. The molecule has 0 saturated heterocycles. The van der Waals surface area contributed by atoms with Crippen molar-refractivity contribution in [1.82, 2.24) is 20.3 Å². The second-order valence-electron chi connectivity index (χ2n) is 3.75. The van der Waals surface area contributed by atoms with Gasteiger partial charge < -0.3 is 9.73 Å². The Labute approximate surface area is 105 Å². The average molecular weight is 255 g/mol. The van der Waals surface area contributed by atoms with Crippen LogP contribution in [-0.2, 0) is 6.54 Å². The Bertz CT molecular complexity index is 479. The van der Waals surface area contributed by atoms with Crippen LogP contribution in [-0.4, -0.2) is 22.0 Å². The summed E-state index contributed by atoms with van der Waals surface area (Å²) >= 11 is 5.79. The van der Waals surface area contributed by atoms with E-state index >= 15 is 0 Å². The quantitative estimate of drug-likeness (QED) is 0.889. The maximum absolute atomic E-state index is 5.79. The Morgan fingerprint density at radius 3 is 2.94 bits per heavy atom. The molecule has 2 aromatic rings. The Kier molecular flexibility index (Phi) is 3.81. The van der Waals surface area contributed by atoms with Crippen LogP contribution in [0.5, 0.6) is 0 Å². The van der Waals surface area contributed by atoms with Gasteiger partial charge in [0.05, 0.1) is 11.9 Å². The molecule has 1 atom stereocenters. The number of nitrogens with zero attached hydrogens (tertiary/aromatic N) is 3. The molecule has 1 unspecified atom stereocenters. The third-order valence-electron chi connectivity index (χ3n) is 2.55. The van der Waals surface area contributed by atoms with Crippen LogP contribution in [0.15, 0.2) is 22.7 Å². The fourth-order valence-electron chi connectivity index (χ4n) is 1.79. The lowest BCUT2D eigenvalue weighted by Crippen LogP contribution is -2.21. The number of furan rings is 1. The Balaban J connectivity index is 2.31. The number of hydrogen-bond acceptors (Lipinski definition) is 4. The van der Waals surface area contributed by atoms with Gasteiger partial charge in [-0.05, 0) is 37.2 Å². The number of rotatable bonds is 5. The minimum Gasteiger partial charge on any atom is -0.448 e. The van der Waals surface area contributed by atoms with E-state index in [0.29, 0.717) is 5.22 Å². The van der Waals surface area contributed by atoms with Crippen LogP contribution in [0.2, 0.25) is 5.22 Å².